The van der Waals surface area contributed by atoms with E-state index < -0.39 is 0 Å². The molecule has 1 unspecified atom stereocenters. The molecule has 17 heavy (non-hydrogen) atoms. The fourth-order valence-corrected chi connectivity index (χ4v) is 2.44. The summed E-state index contributed by atoms with van der Waals surface area (Å²) in [7, 11) is 0. The number of benzene rings is 1. The summed E-state index contributed by atoms with van der Waals surface area (Å²) < 4.78 is 0. The van der Waals surface area contributed by atoms with Gasteiger partial charge in [-0.05, 0) is 48.4 Å². The van der Waals surface area contributed by atoms with Crippen molar-refractivity contribution in [2.24, 2.45) is 17.1 Å². The predicted molar refractivity (Wildman–Crippen MR) is 72.8 cm³/mol. The molecule has 1 aromatic rings. The molecule has 1 aliphatic rings. The molecule has 1 aromatic carbocycles. The Balaban J connectivity index is 1.82. The van der Waals surface area contributed by atoms with Gasteiger partial charge >= 0.3 is 0 Å². The van der Waals surface area contributed by atoms with Gasteiger partial charge in [0.1, 0.15) is 0 Å². The molecule has 0 aromatic heterocycles. The number of hydrogen-bond donors (Lipinski definition) is 2. The molecule has 2 heteroatoms. The molecule has 3 N–H and O–H groups in total. The van der Waals surface area contributed by atoms with Crippen LogP contribution in [0, 0.1) is 11.3 Å². The van der Waals surface area contributed by atoms with Gasteiger partial charge in [0.05, 0.1) is 0 Å². The molecule has 0 heterocycles. The lowest BCUT2D eigenvalue weighted by molar-refractivity contribution is 0.519. The van der Waals surface area contributed by atoms with E-state index in [0.29, 0.717) is 5.41 Å². The molecule has 0 aliphatic heterocycles. The van der Waals surface area contributed by atoms with Gasteiger partial charge in [-0.1, -0.05) is 38.1 Å². The molecule has 1 fully saturated rings. The third-order valence-corrected chi connectivity index (χ3v) is 3.96. The van der Waals surface area contributed by atoms with Crippen LogP contribution in [0.15, 0.2) is 24.3 Å². The first kappa shape index (κ1) is 12.6. The minimum Gasteiger partial charge on any atom is -0.330 e. The van der Waals surface area contributed by atoms with Crippen LogP contribution in [0.25, 0.3) is 0 Å². The maximum Gasteiger partial charge on any atom is 0.0208 e. The Morgan fingerprint density at radius 3 is 2.53 bits per heavy atom. The second-order valence-corrected chi connectivity index (χ2v) is 5.83. The van der Waals surface area contributed by atoms with E-state index in [1.54, 1.807) is 0 Å². The highest BCUT2D eigenvalue weighted by molar-refractivity contribution is 5.27. The predicted octanol–water partition coefficient (Wildman–Crippen LogP) is 2.32. The van der Waals surface area contributed by atoms with Crippen LogP contribution in [0.3, 0.4) is 0 Å². The van der Waals surface area contributed by atoms with E-state index in [4.69, 9.17) is 5.73 Å². The summed E-state index contributed by atoms with van der Waals surface area (Å²) in [4.78, 5) is 0. The van der Waals surface area contributed by atoms with Crippen LogP contribution in [0.4, 0.5) is 0 Å². The molecule has 0 saturated heterocycles. The molecule has 0 bridgehead atoms. The Morgan fingerprint density at radius 2 is 1.94 bits per heavy atom. The van der Waals surface area contributed by atoms with Crippen LogP contribution in [-0.2, 0) is 13.0 Å². The monoisotopic (exact) mass is 232 g/mol. The molecule has 1 aliphatic carbocycles. The molecule has 0 radical (unpaired) electrons. The van der Waals surface area contributed by atoms with Crippen molar-refractivity contribution in [2.75, 3.05) is 13.1 Å². The zero-order valence-electron chi connectivity index (χ0n) is 11.0. The van der Waals surface area contributed by atoms with Crippen molar-refractivity contribution >= 4 is 0 Å². The SMILES string of the molecule is CC1(C)CC1CNCc1ccccc1CCN. The number of hydrogen-bond acceptors (Lipinski definition) is 2. The molecule has 2 rings (SSSR count). The summed E-state index contributed by atoms with van der Waals surface area (Å²) in [6, 6.07) is 8.59. The van der Waals surface area contributed by atoms with E-state index in [0.717, 1.165) is 32.0 Å². The number of rotatable bonds is 6. The lowest BCUT2D eigenvalue weighted by Crippen LogP contribution is -2.19. The van der Waals surface area contributed by atoms with E-state index in [-0.39, 0.29) is 0 Å². The van der Waals surface area contributed by atoms with Gasteiger partial charge in [-0.3, -0.25) is 0 Å². The quantitative estimate of drug-likeness (QED) is 0.790. The molecular weight excluding hydrogens is 208 g/mol. The van der Waals surface area contributed by atoms with Crippen molar-refractivity contribution < 1.29 is 0 Å². The summed E-state index contributed by atoms with van der Waals surface area (Å²) in [5.74, 6) is 0.865. The van der Waals surface area contributed by atoms with Crippen molar-refractivity contribution in [1.29, 1.82) is 0 Å². The maximum absolute atomic E-state index is 5.63. The zero-order valence-corrected chi connectivity index (χ0v) is 11.0. The first-order valence-corrected chi connectivity index (χ1v) is 6.61. The van der Waals surface area contributed by atoms with E-state index in [1.807, 2.05) is 0 Å². The lowest BCUT2D eigenvalue weighted by atomic mass is 10.0. The average molecular weight is 232 g/mol. The van der Waals surface area contributed by atoms with Gasteiger partial charge in [0, 0.05) is 6.54 Å². The smallest absolute Gasteiger partial charge is 0.0208 e. The number of nitrogens with two attached hydrogens (primary N) is 1. The fraction of sp³-hybridized carbons (Fsp3) is 0.600. The molecule has 94 valence electrons. The highest BCUT2D eigenvalue weighted by atomic mass is 14.9. The van der Waals surface area contributed by atoms with Gasteiger partial charge in [0.15, 0.2) is 0 Å². The van der Waals surface area contributed by atoms with Crippen molar-refractivity contribution in [1.82, 2.24) is 5.32 Å². The summed E-state index contributed by atoms with van der Waals surface area (Å²) in [6.07, 6.45) is 2.34. The van der Waals surface area contributed by atoms with Crippen molar-refractivity contribution in [3.05, 3.63) is 35.4 Å². The normalized spacial score (nSPS) is 21.5. The molecule has 0 spiro atoms. The number of nitrogens with one attached hydrogen (secondary N) is 1. The summed E-state index contributed by atoms with van der Waals surface area (Å²) in [5.41, 5.74) is 8.99. The lowest BCUT2D eigenvalue weighted by Gasteiger charge is -2.10. The second kappa shape index (κ2) is 5.19. The molecular formula is C15H24N2. The molecule has 1 saturated carbocycles. The van der Waals surface area contributed by atoms with Gasteiger partial charge < -0.3 is 11.1 Å². The van der Waals surface area contributed by atoms with E-state index in [9.17, 15) is 0 Å². The summed E-state index contributed by atoms with van der Waals surface area (Å²) in [5, 5.41) is 3.58. The van der Waals surface area contributed by atoms with E-state index in [1.165, 1.54) is 17.5 Å². The third-order valence-electron chi connectivity index (χ3n) is 3.96. The Kier molecular flexibility index (Phi) is 3.85. The Labute approximate surface area is 105 Å². The van der Waals surface area contributed by atoms with Crippen LogP contribution < -0.4 is 11.1 Å². The van der Waals surface area contributed by atoms with Gasteiger partial charge in [-0.15, -0.1) is 0 Å². The minimum atomic E-state index is 0.573. The first-order chi connectivity index (χ1) is 8.13. The minimum absolute atomic E-state index is 0.573. The van der Waals surface area contributed by atoms with Crippen LogP contribution >= 0.6 is 0 Å². The third kappa shape index (κ3) is 3.30. The van der Waals surface area contributed by atoms with Crippen LogP contribution in [0.2, 0.25) is 0 Å². The zero-order chi connectivity index (χ0) is 12.3. The molecule has 0 amide bonds. The standard InChI is InChI=1S/C15H24N2/c1-15(2)9-14(15)11-17-10-13-6-4-3-5-12(13)7-8-16/h3-6,14,17H,7-11,16H2,1-2H3. The summed E-state index contributed by atoms with van der Waals surface area (Å²) >= 11 is 0. The van der Waals surface area contributed by atoms with Gasteiger partial charge in [0.2, 0.25) is 0 Å². The van der Waals surface area contributed by atoms with Crippen LogP contribution in [-0.4, -0.2) is 13.1 Å². The van der Waals surface area contributed by atoms with Gasteiger partial charge in [-0.25, -0.2) is 0 Å². The highest BCUT2D eigenvalue weighted by Gasteiger charge is 2.44. The first-order valence-electron chi connectivity index (χ1n) is 6.61. The van der Waals surface area contributed by atoms with Crippen LogP contribution in [0.5, 0.6) is 0 Å². The van der Waals surface area contributed by atoms with E-state index >= 15 is 0 Å². The van der Waals surface area contributed by atoms with Gasteiger partial charge in [-0.2, -0.15) is 0 Å². The van der Waals surface area contributed by atoms with Crippen molar-refractivity contribution in [2.45, 2.75) is 33.2 Å². The Morgan fingerprint density at radius 1 is 1.29 bits per heavy atom. The second-order valence-electron chi connectivity index (χ2n) is 5.83. The van der Waals surface area contributed by atoms with Crippen molar-refractivity contribution in [3.8, 4) is 0 Å². The Bertz CT molecular complexity index is 371. The average Bonchev–Trinajstić information content (AvgIpc) is 2.89. The van der Waals surface area contributed by atoms with E-state index in [2.05, 4.69) is 43.4 Å². The molecule has 1 atom stereocenters. The fourth-order valence-electron chi connectivity index (χ4n) is 2.44. The Hall–Kier alpha value is -0.860. The molecule has 2 nitrogen and oxygen atoms in total. The maximum atomic E-state index is 5.63. The summed E-state index contributed by atoms with van der Waals surface area (Å²) in [6.45, 7) is 7.54. The van der Waals surface area contributed by atoms with Crippen molar-refractivity contribution in [3.63, 3.8) is 0 Å². The largest absolute Gasteiger partial charge is 0.330 e. The van der Waals surface area contributed by atoms with Crippen LogP contribution in [0.1, 0.15) is 31.4 Å². The highest BCUT2D eigenvalue weighted by Crippen LogP contribution is 2.50. The topological polar surface area (TPSA) is 38.0 Å². The van der Waals surface area contributed by atoms with Gasteiger partial charge in [0.25, 0.3) is 0 Å².